The lowest BCUT2D eigenvalue weighted by Crippen LogP contribution is -2.45. The van der Waals surface area contributed by atoms with Crippen molar-refractivity contribution in [2.45, 2.75) is 38.1 Å². The van der Waals surface area contributed by atoms with E-state index in [-0.39, 0.29) is 17.3 Å². The third kappa shape index (κ3) is 7.09. The number of ether oxygens (including phenoxy) is 1. The highest BCUT2D eigenvalue weighted by atomic mass is 32.2. The highest BCUT2D eigenvalue weighted by Gasteiger charge is 2.28. The molecule has 0 bridgehead atoms. The van der Waals surface area contributed by atoms with Gasteiger partial charge in [0, 0.05) is 26.7 Å². The van der Waals surface area contributed by atoms with Crippen molar-refractivity contribution in [2.24, 2.45) is 0 Å². The van der Waals surface area contributed by atoms with Gasteiger partial charge in [-0.15, -0.1) is 0 Å². The van der Waals surface area contributed by atoms with Crippen LogP contribution in [0.2, 0.25) is 0 Å². The molecule has 9 nitrogen and oxygen atoms in total. The van der Waals surface area contributed by atoms with E-state index in [9.17, 15) is 18.0 Å². The fourth-order valence-corrected chi connectivity index (χ4v) is 6.08. The number of hydrogen-bond donors (Lipinski definition) is 1. The van der Waals surface area contributed by atoms with E-state index in [4.69, 9.17) is 4.74 Å². The Morgan fingerprint density at radius 2 is 1.73 bits per heavy atom. The number of rotatable bonds is 10. The minimum atomic E-state index is -3.91. The van der Waals surface area contributed by atoms with Crippen LogP contribution in [0.5, 0.6) is 5.75 Å². The average molecular weight is 531 g/mol. The van der Waals surface area contributed by atoms with Crippen molar-refractivity contribution in [3.05, 3.63) is 58.1 Å². The normalized spacial score (nSPS) is 13.6. The number of methoxy groups -OCH3 is 1. The maximum atomic E-state index is 13.1. The summed E-state index contributed by atoms with van der Waals surface area (Å²) in [7, 11) is 3.05. The molecule has 1 heterocycles. The van der Waals surface area contributed by atoms with Crippen molar-refractivity contribution in [3.8, 4) is 5.75 Å². The van der Waals surface area contributed by atoms with E-state index in [1.165, 1.54) is 25.3 Å². The first-order chi connectivity index (χ1) is 17.4. The Labute approximate surface area is 220 Å². The summed E-state index contributed by atoms with van der Waals surface area (Å²) >= 11 is 0. The Hall–Kier alpha value is -2.95. The first kappa shape index (κ1) is 28.6. The summed E-state index contributed by atoms with van der Waals surface area (Å²) in [5.74, 6) is -0.158. The number of carbonyl (C=O) groups excluding carboxylic acids is 2. The number of aryl methyl sites for hydroxylation is 2. The standard InChI is InChI=1S/C27H38N4O5S/c1-19-13-24(36-6)14-20(2)27(19)37(34,35)30(5)18-25(32)28-16-26(33)31-12-10-22-8-7-21(9-11-29(3)4)15-23(22)17-31/h7-8,13-15H,9-12,16-18H2,1-6H3,(H,28,32). The molecule has 0 spiro atoms. The van der Waals surface area contributed by atoms with Crippen LogP contribution in [0.15, 0.2) is 35.2 Å². The molecule has 2 aromatic rings. The monoisotopic (exact) mass is 530 g/mol. The molecular formula is C27H38N4O5S. The minimum absolute atomic E-state index is 0.150. The lowest BCUT2D eigenvalue weighted by atomic mass is 9.96. The van der Waals surface area contributed by atoms with Crippen LogP contribution in [0, 0.1) is 13.8 Å². The molecule has 10 heteroatoms. The summed E-state index contributed by atoms with van der Waals surface area (Å²) in [5.41, 5.74) is 4.70. The third-order valence-electron chi connectivity index (χ3n) is 6.62. The van der Waals surface area contributed by atoms with Crippen LogP contribution in [-0.4, -0.2) is 88.8 Å². The Morgan fingerprint density at radius 1 is 1.05 bits per heavy atom. The van der Waals surface area contributed by atoms with Crippen LogP contribution < -0.4 is 10.1 Å². The van der Waals surface area contributed by atoms with E-state index in [0.29, 0.717) is 30.0 Å². The molecule has 3 rings (SSSR count). The number of benzene rings is 2. The second-order valence-electron chi connectivity index (χ2n) is 9.85. The fourth-order valence-electron chi connectivity index (χ4n) is 4.55. The van der Waals surface area contributed by atoms with E-state index in [1.807, 2.05) is 14.1 Å². The van der Waals surface area contributed by atoms with Gasteiger partial charge in [0.15, 0.2) is 0 Å². The van der Waals surface area contributed by atoms with Crippen LogP contribution >= 0.6 is 0 Å². The number of nitrogens with zero attached hydrogens (tertiary/aromatic N) is 3. The topological polar surface area (TPSA) is 99.3 Å². The summed E-state index contributed by atoms with van der Waals surface area (Å²) in [6.45, 7) is 4.86. The van der Waals surface area contributed by atoms with Gasteiger partial charge in [0.2, 0.25) is 21.8 Å². The summed E-state index contributed by atoms with van der Waals surface area (Å²) in [6.07, 6.45) is 1.71. The molecule has 0 saturated carbocycles. The summed E-state index contributed by atoms with van der Waals surface area (Å²) in [6, 6.07) is 9.76. The lowest BCUT2D eigenvalue weighted by molar-refractivity contribution is -0.133. The summed E-state index contributed by atoms with van der Waals surface area (Å²) in [4.78, 5) is 29.4. The second kappa shape index (κ2) is 12.1. The zero-order chi connectivity index (χ0) is 27.3. The Kier molecular flexibility index (Phi) is 9.33. The van der Waals surface area contributed by atoms with Gasteiger partial charge in [0.05, 0.1) is 25.1 Å². The number of fused-ring (bicyclic) bond motifs is 1. The molecule has 0 fully saturated rings. The van der Waals surface area contributed by atoms with Crippen LogP contribution in [0.25, 0.3) is 0 Å². The molecule has 1 aliphatic heterocycles. The molecule has 2 aromatic carbocycles. The average Bonchev–Trinajstić information content (AvgIpc) is 2.84. The van der Waals surface area contributed by atoms with Crippen molar-refractivity contribution < 1.29 is 22.7 Å². The Balaban J connectivity index is 1.57. The van der Waals surface area contributed by atoms with Gasteiger partial charge in [-0.1, -0.05) is 18.2 Å². The van der Waals surface area contributed by atoms with Gasteiger partial charge in [-0.2, -0.15) is 4.31 Å². The van der Waals surface area contributed by atoms with Crippen molar-refractivity contribution in [1.82, 2.24) is 19.4 Å². The smallest absolute Gasteiger partial charge is 0.243 e. The first-order valence-corrected chi connectivity index (χ1v) is 13.8. The Morgan fingerprint density at radius 3 is 2.35 bits per heavy atom. The molecule has 0 aromatic heterocycles. The number of nitrogens with one attached hydrogen (secondary N) is 1. The first-order valence-electron chi connectivity index (χ1n) is 12.3. The molecule has 202 valence electrons. The van der Waals surface area contributed by atoms with Gasteiger partial charge < -0.3 is 19.9 Å². The highest BCUT2D eigenvalue weighted by molar-refractivity contribution is 7.89. The van der Waals surface area contributed by atoms with Crippen LogP contribution in [0.1, 0.15) is 27.8 Å². The van der Waals surface area contributed by atoms with E-state index >= 15 is 0 Å². The number of likely N-dealkylation sites (N-methyl/N-ethyl adjacent to an activating group) is 2. The fraction of sp³-hybridized carbons (Fsp3) is 0.481. The highest BCUT2D eigenvalue weighted by Crippen LogP contribution is 2.27. The summed E-state index contributed by atoms with van der Waals surface area (Å²) < 4.78 is 32.5. The van der Waals surface area contributed by atoms with Crippen molar-refractivity contribution in [3.63, 3.8) is 0 Å². The molecule has 1 aliphatic rings. The maximum Gasteiger partial charge on any atom is 0.243 e. The van der Waals surface area contributed by atoms with Gasteiger partial charge in [-0.3, -0.25) is 9.59 Å². The van der Waals surface area contributed by atoms with Crippen LogP contribution in [0.3, 0.4) is 0 Å². The van der Waals surface area contributed by atoms with Crippen LogP contribution in [0.4, 0.5) is 0 Å². The lowest BCUT2D eigenvalue weighted by Gasteiger charge is -2.29. The van der Waals surface area contributed by atoms with Crippen molar-refractivity contribution in [2.75, 3.05) is 54.4 Å². The SMILES string of the molecule is COc1cc(C)c(S(=O)(=O)N(C)CC(=O)NCC(=O)N2CCc3ccc(CCN(C)C)cc3C2)c(C)c1. The van der Waals surface area contributed by atoms with E-state index in [1.54, 1.807) is 30.9 Å². The maximum absolute atomic E-state index is 13.1. The molecule has 0 radical (unpaired) electrons. The third-order valence-corrected chi connectivity index (χ3v) is 8.73. The second-order valence-corrected chi connectivity index (χ2v) is 11.8. The van der Waals surface area contributed by atoms with Gasteiger partial charge in [-0.25, -0.2) is 8.42 Å². The zero-order valence-electron chi connectivity index (χ0n) is 22.6. The number of amides is 2. The molecule has 0 aliphatic carbocycles. The Bertz CT molecular complexity index is 1240. The molecule has 0 atom stereocenters. The van der Waals surface area contributed by atoms with Crippen molar-refractivity contribution >= 4 is 21.8 Å². The van der Waals surface area contributed by atoms with Gasteiger partial charge in [0.1, 0.15) is 5.75 Å². The van der Waals surface area contributed by atoms with E-state index in [0.717, 1.165) is 29.3 Å². The molecule has 37 heavy (non-hydrogen) atoms. The number of sulfonamides is 1. The molecular weight excluding hydrogens is 492 g/mol. The predicted molar refractivity (Wildman–Crippen MR) is 143 cm³/mol. The molecule has 0 unspecified atom stereocenters. The van der Waals surface area contributed by atoms with Gasteiger partial charge in [-0.05, 0) is 80.7 Å². The quantitative estimate of drug-likeness (QED) is 0.503. The molecule has 0 saturated heterocycles. The largest absolute Gasteiger partial charge is 0.497 e. The minimum Gasteiger partial charge on any atom is -0.497 e. The van der Waals surface area contributed by atoms with E-state index < -0.39 is 22.5 Å². The van der Waals surface area contributed by atoms with Gasteiger partial charge in [0.25, 0.3) is 0 Å². The predicted octanol–water partition coefficient (Wildman–Crippen LogP) is 1.74. The van der Waals surface area contributed by atoms with Crippen molar-refractivity contribution in [1.29, 1.82) is 0 Å². The number of hydrogen-bond acceptors (Lipinski definition) is 6. The molecule has 1 N–H and O–H groups in total. The van der Waals surface area contributed by atoms with E-state index in [2.05, 4.69) is 28.4 Å². The zero-order valence-corrected chi connectivity index (χ0v) is 23.4. The van der Waals surface area contributed by atoms with Crippen LogP contribution in [-0.2, 0) is 39.0 Å². The summed E-state index contributed by atoms with van der Waals surface area (Å²) in [5, 5.41) is 2.59. The number of carbonyl (C=O) groups is 2. The molecule has 2 amide bonds. The van der Waals surface area contributed by atoms with Gasteiger partial charge >= 0.3 is 0 Å².